The molecule has 0 aromatic heterocycles. The second-order valence-corrected chi connectivity index (χ2v) is 5.87. The molecular weight excluding hydrogens is 250 g/mol. The van der Waals surface area contributed by atoms with Gasteiger partial charge in [0.2, 0.25) is 6.79 Å². The molecule has 5 heteroatoms. The summed E-state index contributed by atoms with van der Waals surface area (Å²) in [6, 6.07) is 4.18. The second kappa shape index (κ2) is 3.82. The quantitative estimate of drug-likeness (QED) is 0.718. The van der Waals surface area contributed by atoms with Gasteiger partial charge in [-0.15, -0.1) is 11.8 Å². The predicted molar refractivity (Wildman–Crippen MR) is 67.3 cm³/mol. The molecule has 3 aliphatic heterocycles. The summed E-state index contributed by atoms with van der Waals surface area (Å²) in [4.78, 5) is 15.6. The van der Waals surface area contributed by atoms with Crippen LogP contribution >= 0.6 is 11.8 Å². The molecule has 1 atom stereocenters. The van der Waals surface area contributed by atoms with E-state index in [0.717, 1.165) is 41.3 Å². The number of fused-ring (bicyclic) bond motifs is 3. The fourth-order valence-electron chi connectivity index (χ4n) is 2.83. The molecule has 1 aromatic rings. The minimum atomic E-state index is 0.149. The lowest BCUT2D eigenvalue weighted by molar-refractivity contribution is 0.0749. The van der Waals surface area contributed by atoms with Crippen LogP contribution in [-0.4, -0.2) is 35.9 Å². The maximum Gasteiger partial charge on any atom is 0.255 e. The van der Waals surface area contributed by atoms with Gasteiger partial charge in [0.15, 0.2) is 11.5 Å². The molecule has 0 aliphatic carbocycles. The Morgan fingerprint density at radius 1 is 1.28 bits per heavy atom. The van der Waals surface area contributed by atoms with E-state index in [1.165, 1.54) is 0 Å². The SMILES string of the molecule is O=C1c2cc3c(cc2SC[C@@H]2CCCN12)OCO3. The number of ether oxygens (including phenoxy) is 2. The molecule has 4 nitrogen and oxygen atoms in total. The molecule has 0 spiro atoms. The van der Waals surface area contributed by atoms with E-state index < -0.39 is 0 Å². The number of hydrogen-bond acceptors (Lipinski definition) is 4. The van der Waals surface area contributed by atoms with E-state index >= 15 is 0 Å². The lowest BCUT2D eigenvalue weighted by atomic mass is 10.1. The van der Waals surface area contributed by atoms with Crippen LogP contribution in [0.5, 0.6) is 11.5 Å². The molecule has 1 saturated heterocycles. The molecule has 3 heterocycles. The summed E-state index contributed by atoms with van der Waals surface area (Å²) in [5.41, 5.74) is 0.772. The molecule has 1 fully saturated rings. The maximum absolute atomic E-state index is 12.5. The Bertz CT molecular complexity index is 531. The average Bonchev–Trinajstić information content (AvgIpc) is 3.00. The minimum Gasteiger partial charge on any atom is -0.454 e. The van der Waals surface area contributed by atoms with Gasteiger partial charge in [-0.3, -0.25) is 4.79 Å². The van der Waals surface area contributed by atoms with Gasteiger partial charge in [0.05, 0.1) is 5.56 Å². The van der Waals surface area contributed by atoms with Gasteiger partial charge in [0, 0.05) is 23.2 Å². The van der Waals surface area contributed by atoms with E-state index in [1.54, 1.807) is 11.8 Å². The first-order valence-electron chi connectivity index (χ1n) is 6.20. The normalized spacial score (nSPS) is 24.8. The zero-order chi connectivity index (χ0) is 12.1. The van der Waals surface area contributed by atoms with Gasteiger partial charge in [-0.1, -0.05) is 0 Å². The standard InChI is InChI=1S/C13H13NO3S/c15-13-9-4-10-11(17-7-16-10)5-12(9)18-6-8-2-1-3-14(8)13/h4-5,8H,1-3,6-7H2/t8-/m0/s1. The van der Waals surface area contributed by atoms with Crippen LogP contribution in [0.1, 0.15) is 23.2 Å². The fourth-order valence-corrected chi connectivity index (χ4v) is 4.04. The highest BCUT2D eigenvalue weighted by atomic mass is 32.2. The van der Waals surface area contributed by atoms with E-state index in [4.69, 9.17) is 9.47 Å². The molecule has 4 rings (SSSR count). The molecule has 1 amide bonds. The van der Waals surface area contributed by atoms with Crippen LogP contribution in [0.25, 0.3) is 0 Å². The number of carbonyl (C=O) groups is 1. The van der Waals surface area contributed by atoms with Gasteiger partial charge in [-0.05, 0) is 25.0 Å². The molecule has 0 saturated carbocycles. The number of rotatable bonds is 0. The minimum absolute atomic E-state index is 0.149. The third-order valence-corrected chi connectivity index (χ3v) is 4.97. The first kappa shape index (κ1) is 10.6. The zero-order valence-corrected chi connectivity index (χ0v) is 10.7. The first-order chi connectivity index (χ1) is 8.83. The molecule has 18 heavy (non-hydrogen) atoms. The highest BCUT2D eigenvalue weighted by Crippen LogP contribution is 2.42. The number of carbonyl (C=O) groups excluding carboxylic acids is 1. The van der Waals surface area contributed by atoms with Crippen molar-refractivity contribution in [3.05, 3.63) is 17.7 Å². The largest absolute Gasteiger partial charge is 0.454 e. The van der Waals surface area contributed by atoms with E-state index in [0.29, 0.717) is 11.8 Å². The summed E-state index contributed by atoms with van der Waals surface area (Å²) in [5.74, 6) is 2.59. The Balaban J connectivity index is 1.81. The van der Waals surface area contributed by atoms with Crippen molar-refractivity contribution in [2.45, 2.75) is 23.8 Å². The highest BCUT2D eigenvalue weighted by molar-refractivity contribution is 7.99. The summed E-state index contributed by atoms with van der Waals surface area (Å²) in [5, 5.41) is 0. The summed E-state index contributed by atoms with van der Waals surface area (Å²) < 4.78 is 10.7. The lowest BCUT2D eigenvalue weighted by Gasteiger charge is -2.21. The second-order valence-electron chi connectivity index (χ2n) is 4.81. The van der Waals surface area contributed by atoms with Gasteiger partial charge in [-0.25, -0.2) is 0 Å². The van der Waals surface area contributed by atoms with Gasteiger partial charge in [0.25, 0.3) is 5.91 Å². The van der Waals surface area contributed by atoms with Crippen LogP contribution < -0.4 is 9.47 Å². The van der Waals surface area contributed by atoms with Gasteiger partial charge in [0.1, 0.15) is 0 Å². The number of hydrogen-bond donors (Lipinski definition) is 0. The maximum atomic E-state index is 12.5. The summed E-state index contributed by atoms with van der Waals surface area (Å²) in [6.45, 7) is 1.14. The third kappa shape index (κ3) is 1.43. The molecule has 0 bridgehead atoms. The van der Waals surface area contributed by atoms with Crippen LogP contribution in [0, 0.1) is 0 Å². The number of amides is 1. The molecule has 0 N–H and O–H groups in total. The van der Waals surface area contributed by atoms with Crippen LogP contribution in [0.2, 0.25) is 0 Å². The van der Waals surface area contributed by atoms with Crippen LogP contribution in [0.3, 0.4) is 0 Å². The Labute approximate surface area is 109 Å². The van der Waals surface area contributed by atoms with E-state index in [1.807, 2.05) is 17.0 Å². The van der Waals surface area contributed by atoms with Crippen molar-refractivity contribution in [2.75, 3.05) is 19.1 Å². The van der Waals surface area contributed by atoms with Crippen LogP contribution in [-0.2, 0) is 0 Å². The molecular formula is C13H13NO3S. The molecule has 0 unspecified atom stereocenters. The van der Waals surface area contributed by atoms with Crippen molar-refractivity contribution in [1.82, 2.24) is 4.90 Å². The molecule has 0 radical (unpaired) electrons. The topological polar surface area (TPSA) is 38.8 Å². The third-order valence-electron chi connectivity index (χ3n) is 3.77. The smallest absolute Gasteiger partial charge is 0.255 e. The summed E-state index contributed by atoms with van der Waals surface area (Å²) in [6.07, 6.45) is 2.25. The van der Waals surface area contributed by atoms with Gasteiger partial charge >= 0.3 is 0 Å². The van der Waals surface area contributed by atoms with Crippen LogP contribution in [0.15, 0.2) is 17.0 Å². The van der Waals surface area contributed by atoms with E-state index in [2.05, 4.69) is 0 Å². The fraction of sp³-hybridized carbons (Fsp3) is 0.462. The average molecular weight is 263 g/mol. The first-order valence-corrected chi connectivity index (χ1v) is 7.19. The Hall–Kier alpha value is -1.36. The molecule has 94 valence electrons. The van der Waals surface area contributed by atoms with Gasteiger partial charge < -0.3 is 14.4 Å². The molecule has 1 aromatic carbocycles. The predicted octanol–water partition coefficient (Wildman–Crippen LogP) is 2.13. The summed E-state index contributed by atoms with van der Waals surface area (Å²) in [7, 11) is 0. The Morgan fingerprint density at radius 2 is 2.11 bits per heavy atom. The van der Waals surface area contributed by atoms with Crippen molar-refractivity contribution in [2.24, 2.45) is 0 Å². The zero-order valence-electron chi connectivity index (χ0n) is 9.85. The lowest BCUT2D eigenvalue weighted by Crippen LogP contribution is -2.35. The highest BCUT2D eigenvalue weighted by Gasteiger charge is 2.34. The Morgan fingerprint density at radius 3 is 3.00 bits per heavy atom. The van der Waals surface area contributed by atoms with Crippen molar-refractivity contribution in [3.8, 4) is 11.5 Å². The van der Waals surface area contributed by atoms with Crippen LogP contribution in [0.4, 0.5) is 0 Å². The van der Waals surface area contributed by atoms with Crippen molar-refractivity contribution in [1.29, 1.82) is 0 Å². The monoisotopic (exact) mass is 263 g/mol. The number of nitrogens with zero attached hydrogens (tertiary/aromatic N) is 1. The van der Waals surface area contributed by atoms with E-state index in [-0.39, 0.29) is 12.7 Å². The van der Waals surface area contributed by atoms with E-state index in [9.17, 15) is 4.79 Å². The van der Waals surface area contributed by atoms with Crippen molar-refractivity contribution < 1.29 is 14.3 Å². The van der Waals surface area contributed by atoms with Gasteiger partial charge in [-0.2, -0.15) is 0 Å². The van der Waals surface area contributed by atoms with Crippen molar-refractivity contribution >= 4 is 17.7 Å². The Kier molecular flexibility index (Phi) is 2.24. The molecule has 3 aliphatic rings. The number of benzene rings is 1. The summed E-state index contributed by atoms with van der Waals surface area (Å²) >= 11 is 1.76. The number of thioether (sulfide) groups is 1. The van der Waals surface area contributed by atoms with Crippen molar-refractivity contribution in [3.63, 3.8) is 0 Å².